The molecule has 0 aromatic heterocycles. The molecule has 0 fully saturated rings. The first-order chi connectivity index (χ1) is 12.4. The fraction of sp³-hybridized carbons (Fsp3) is 0.200. The summed E-state index contributed by atoms with van der Waals surface area (Å²) in [6, 6.07) is 12.7. The first-order valence-electron chi connectivity index (χ1n) is 8.28. The van der Waals surface area contributed by atoms with E-state index in [9.17, 15) is 9.59 Å². The zero-order valence-electron chi connectivity index (χ0n) is 14.8. The second kappa shape index (κ2) is 7.22. The number of anilines is 2. The molecular formula is C20H19ClN2O3. The molecule has 3 rings (SSSR count). The number of benzene rings is 2. The van der Waals surface area contributed by atoms with Crippen LogP contribution in [-0.4, -0.2) is 18.4 Å². The van der Waals surface area contributed by atoms with E-state index in [1.807, 2.05) is 32.9 Å². The smallest absolute Gasteiger partial charge is 0.283 e. The van der Waals surface area contributed by atoms with Crippen LogP contribution in [0.15, 0.2) is 53.2 Å². The number of nitrogens with zero attached hydrogens (tertiary/aromatic N) is 1. The summed E-state index contributed by atoms with van der Waals surface area (Å²) in [6.45, 7) is 6.23. The topological polar surface area (TPSA) is 58.6 Å². The monoisotopic (exact) mass is 370 g/mol. The number of nitrogens with one attached hydrogen (secondary N) is 1. The lowest BCUT2D eigenvalue weighted by Gasteiger charge is -2.18. The van der Waals surface area contributed by atoms with Crippen LogP contribution in [0.2, 0.25) is 0 Å². The Morgan fingerprint density at radius 2 is 1.73 bits per heavy atom. The molecule has 0 saturated carbocycles. The molecule has 134 valence electrons. The average Bonchev–Trinajstić information content (AvgIpc) is 2.83. The van der Waals surface area contributed by atoms with Crippen molar-refractivity contribution in [1.29, 1.82) is 0 Å². The quantitative estimate of drug-likeness (QED) is 0.804. The first kappa shape index (κ1) is 18.0. The van der Waals surface area contributed by atoms with Gasteiger partial charge in [0.2, 0.25) is 0 Å². The van der Waals surface area contributed by atoms with Crippen LogP contribution in [0.1, 0.15) is 18.1 Å². The molecule has 2 amide bonds. The number of halogens is 1. The first-order valence-corrected chi connectivity index (χ1v) is 8.66. The summed E-state index contributed by atoms with van der Waals surface area (Å²) in [5.41, 5.74) is 3.04. The second-order valence-electron chi connectivity index (χ2n) is 6.01. The molecule has 2 aromatic rings. The van der Waals surface area contributed by atoms with Crippen LogP contribution in [0.25, 0.3) is 0 Å². The number of hydrogen-bond donors (Lipinski definition) is 1. The predicted molar refractivity (Wildman–Crippen MR) is 103 cm³/mol. The molecule has 0 radical (unpaired) electrons. The molecule has 1 aliphatic heterocycles. The van der Waals surface area contributed by atoms with Crippen LogP contribution in [-0.2, 0) is 9.59 Å². The van der Waals surface area contributed by atoms with Crippen molar-refractivity contribution >= 4 is 34.8 Å². The third kappa shape index (κ3) is 3.30. The minimum Gasteiger partial charge on any atom is -0.494 e. The maximum absolute atomic E-state index is 12.8. The molecule has 5 nitrogen and oxygen atoms in total. The Hall–Kier alpha value is -2.79. The number of hydrogen-bond acceptors (Lipinski definition) is 4. The van der Waals surface area contributed by atoms with Crippen molar-refractivity contribution in [2.75, 3.05) is 16.8 Å². The third-order valence-electron chi connectivity index (χ3n) is 4.07. The normalized spacial score (nSPS) is 14.2. The van der Waals surface area contributed by atoms with Crippen molar-refractivity contribution in [2.24, 2.45) is 0 Å². The highest BCUT2D eigenvalue weighted by molar-refractivity contribution is 6.53. The van der Waals surface area contributed by atoms with E-state index in [-0.39, 0.29) is 10.7 Å². The van der Waals surface area contributed by atoms with Gasteiger partial charge in [0.15, 0.2) is 0 Å². The maximum atomic E-state index is 12.8. The van der Waals surface area contributed by atoms with E-state index in [0.717, 1.165) is 21.8 Å². The van der Waals surface area contributed by atoms with Gasteiger partial charge in [-0.15, -0.1) is 0 Å². The maximum Gasteiger partial charge on any atom is 0.283 e. The highest BCUT2D eigenvalue weighted by Gasteiger charge is 2.39. The molecule has 0 bridgehead atoms. The van der Waals surface area contributed by atoms with E-state index < -0.39 is 11.8 Å². The van der Waals surface area contributed by atoms with Crippen LogP contribution in [0.3, 0.4) is 0 Å². The summed E-state index contributed by atoms with van der Waals surface area (Å²) < 4.78 is 5.39. The lowest BCUT2D eigenvalue weighted by Crippen LogP contribution is -2.32. The molecular weight excluding hydrogens is 352 g/mol. The predicted octanol–water partition coefficient (Wildman–Crippen LogP) is 4.14. The largest absolute Gasteiger partial charge is 0.494 e. The molecule has 0 saturated heterocycles. The molecule has 1 N–H and O–H groups in total. The molecule has 2 aromatic carbocycles. The van der Waals surface area contributed by atoms with E-state index in [1.54, 1.807) is 30.3 Å². The van der Waals surface area contributed by atoms with Gasteiger partial charge in [0.25, 0.3) is 11.8 Å². The van der Waals surface area contributed by atoms with E-state index in [4.69, 9.17) is 16.3 Å². The van der Waals surface area contributed by atoms with E-state index in [2.05, 4.69) is 5.32 Å². The summed E-state index contributed by atoms with van der Waals surface area (Å²) in [7, 11) is 0. The van der Waals surface area contributed by atoms with Crippen molar-refractivity contribution in [2.45, 2.75) is 20.8 Å². The minimum absolute atomic E-state index is 0.0710. The molecule has 0 unspecified atom stereocenters. The lowest BCUT2D eigenvalue weighted by molar-refractivity contribution is -0.120. The van der Waals surface area contributed by atoms with Gasteiger partial charge in [0, 0.05) is 5.69 Å². The van der Waals surface area contributed by atoms with Crippen molar-refractivity contribution in [1.82, 2.24) is 0 Å². The van der Waals surface area contributed by atoms with Crippen LogP contribution in [0, 0.1) is 13.8 Å². The Morgan fingerprint density at radius 1 is 1.04 bits per heavy atom. The summed E-state index contributed by atoms with van der Waals surface area (Å²) >= 11 is 6.17. The number of imide groups is 1. The SMILES string of the molecule is CCOc1ccc(NC2=C(Cl)C(=O)N(c3cc(C)ccc3C)C2=O)cc1. The highest BCUT2D eigenvalue weighted by Crippen LogP contribution is 2.32. The van der Waals surface area contributed by atoms with Crippen molar-refractivity contribution in [3.8, 4) is 5.75 Å². The van der Waals surface area contributed by atoms with Gasteiger partial charge in [-0.05, 0) is 62.2 Å². The van der Waals surface area contributed by atoms with E-state index >= 15 is 0 Å². The van der Waals surface area contributed by atoms with Crippen LogP contribution in [0.5, 0.6) is 5.75 Å². The number of aryl methyl sites for hydroxylation is 2. The number of amides is 2. The lowest BCUT2D eigenvalue weighted by atomic mass is 10.1. The van der Waals surface area contributed by atoms with E-state index in [0.29, 0.717) is 18.0 Å². The summed E-state index contributed by atoms with van der Waals surface area (Å²) in [5, 5.41) is 2.83. The Bertz CT molecular complexity index is 904. The third-order valence-corrected chi connectivity index (χ3v) is 4.42. The molecule has 26 heavy (non-hydrogen) atoms. The molecule has 1 aliphatic rings. The molecule has 0 aliphatic carbocycles. The van der Waals surface area contributed by atoms with Gasteiger partial charge in [-0.1, -0.05) is 23.7 Å². The van der Waals surface area contributed by atoms with Crippen LogP contribution >= 0.6 is 11.6 Å². The van der Waals surface area contributed by atoms with Crippen molar-refractivity contribution < 1.29 is 14.3 Å². The van der Waals surface area contributed by atoms with Crippen molar-refractivity contribution in [3.05, 3.63) is 64.3 Å². The van der Waals surface area contributed by atoms with Gasteiger partial charge in [0.05, 0.1) is 12.3 Å². The fourth-order valence-corrected chi connectivity index (χ4v) is 2.95. The summed E-state index contributed by atoms with van der Waals surface area (Å²) in [4.78, 5) is 26.5. The molecule has 0 atom stereocenters. The van der Waals surface area contributed by atoms with E-state index in [1.165, 1.54) is 0 Å². The zero-order valence-corrected chi connectivity index (χ0v) is 15.6. The highest BCUT2D eigenvalue weighted by atomic mass is 35.5. The summed E-state index contributed by atoms with van der Waals surface area (Å²) in [5.74, 6) is -0.273. The Morgan fingerprint density at radius 3 is 2.38 bits per heavy atom. The average molecular weight is 371 g/mol. The number of rotatable bonds is 5. The van der Waals surface area contributed by atoms with Crippen LogP contribution < -0.4 is 15.0 Å². The summed E-state index contributed by atoms with van der Waals surface area (Å²) in [6.07, 6.45) is 0. The standard InChI is InChI=1S/C20H19ClN2O3/c1-4-26-15-9-7-14(8-10-15)22-18-17(21)19(24)23(20(18)25)16-11-12(2)5-6-13(16)3/h5-11,22H,4H2,1-3H3. The van der Waals surface area contributed by atoms with Gasteiger partial charge in [-0.3, -0.25) is 9.59 Å². The molecule has 0 spiro atoms. The molecule has 1 heterocycles. The Balaban J connectivity index is 1.88. The minimum atomic E-state index is -0.529. The van der Waals surface area contributed by atoms with Crippen LogP contribution in [0.4, 0.5) is 11.4 Å². The van der Waals surface area contributed by atoms with Gasteiger partial charge >= 0.3 is 0 Å². The second-order valence-corrected chi connectivity index (χ2v) is 6.38. The van der Waals surface area contributed by atoms with Gasteiger partial charge < -0.3 is 10.1 Å². The Labute approximate surface area is 157 Å². The van der Waals surface area contributed by atoms with Gasteiger partial charge in [0.1, 0.15) is 16.5 Å². The zero-order chi connectivity index (χ0) is 18.8. The van der Waals surface area contributed by atoms with Crippen molar-refractivity contribution in [3.63, 3.8) is 0 Å². The molecule has 6 heteroatoms. The number of carbonyl (C=O) groups excluding carboxylic acids is 2. The number of carbonyl (C=O) groups is 2. The number of ether oxygens (including phenoxy) is 1. The Kier molecular flexibility index (Phi) is 5.00. The van der Waals surface area contributed by atoms with Gasteiger partial charge in [-0.2, -0.15) is 0 Å². The fourth-order valence-electron chi connectivity index (χ4n) is 2.74. The van der Waals surface area contributed by atoms with Gasteiger partial charge in [-0.25, -0.2) is 4.90 Å².